The van der Waals surface area contributed by atoms with Crippen LogP contribution < -0.4 is 10.6 Å². The summed E-state index contributed by atoms with van der Waals surface area (Å²) in [5.41, 5.74) is 10.6. The number of likely N-dealkylation sites (tertiary alicyclic amines) is 1. The van der Waals surface area contributed by atoms with Crippen LogP contribution in [-0.4, -0.2) is 77.2 Å². The van der Waals surface area contributed by atoms with Crippen LogP contribution in [0.25, 0.3) is 0 Å². The largest absolute Gasteiger partial charge is 0.398 e. The Bertz CT molecular complexity index is 1580. The van der Waals surface area contributed by atoms with Crippen molar-refractivity contribution in [3.63, 3.8) is 0 Å². The second kappa shape index (κ2) is 12.3. The molecule has 5 heterocycles. The van der Waals surface area contributed by atoms with E-state index in [1.807, 2.05) is 17.9 Å². The van der Waals surface area contributed by atoms with Gasteiger partial charge in [0.1, 0.15) is 23.9 Å². The third-order valence-corrected chi connectivity index (χ3v) is 11.9. The molecule has 0 radical (unpaired) electrons. The van der Waals surface area contributed by atoms with Crippen LogP contribution in [0, 0.1) is 16.7 Å². The van der Waals surface area contributed by atoms with Crippen molar-refractivity contribution in [3.8, 4) is 6.07 Å². The summed E-state index contributed by atoms with van der Waals surface area (Å²) < 4.78 is 43.0. The number of nitrogens with two attached hydrogens (primary N) is 1. The first kappa shape index (κ1) is 33.6. The highest BCUT2D eigenvalue weighted by Gasteiger charge is 2.67. The minimum absolute atomic E-state index is 0.0958. The van der Waals surface area contributed by atoms with Gasteiger partial charge in [0.15, 0.2) is 0 Å². The van der Waals surface area contributed by atoms with Gasteiger partial charge in [0.05, 0.1) is 22.4 Å². The lowest BCUT2D eigenvalue weighted by Crippen LogP contribution is -2.65. The number of aryl methyl sites for hydroxylation is 1. The number of hydrogen-bond donors (Lipinski definition) is 1. The average molecular weight is 650 g/mol. The van der Waals surface area contributed by atoms with Crippen LogP contribution in [0.3, 0.4) is 0 Å². The molecule has 254 valence electrons. The van der Waals surface area contributed by atoms with Crippen LogP contribution in [0.1, 0.15) is 105 Å². The lowest BCUT2D eigenvalue weighted by Gasteiger charge is -2.51. The average Bonchev–Trinajstić information content (AvgIpc) is 3.58. The van der Waals surface area contributed by atoms with E-state index in [1.165, 1.54) is 18.4 Å². The molecule has 10 heteroatoms. The molecule has 2 aromatic rings. The minimum atomic E-state index is -2.92. The number of nitriles is 1. The normalized spacial score (nSPS) is 27.9. The van der Waals surface area contributed by atoms with Gasteiger partial charge in [-0.1, -0.05) is 33.4 Å². The van der Waals surface area contributed by atoms with Crippen molar-refractivity contribution >= 4 is 11.5 Å². The van der Waals surface area contributed by atoms with Crippen molar-refractivity contribution in [1.82, 2.24) is 19.8 Å². The van der Waals surface area contributed by atoms with Gasteiger partial charge in [0.25, 0.3) is 5.92 Å². The number of hydrogen-bond acceptors (Lipinski definition) is 7. The molecule has 0 amide bonds. The topological polar surface area (TPSA) is 85.3 Å². The number of allylic oxidation sites excluding steroid dienone is 1. The van der Waals surface area contributed by atoms with E-state index in [1.54, 1.807) is 11.9 Å². The first-order chi connectivity index (χ1) is 22.3. The second-order valence-electron chi connectivity index (χ2n) is 15.0. The third kappa shape index (κ3) is 5.56. The van der Waals surface area contributed by atoms with E-state index in [0.717, 1.165) is 60.7 Å². The summed E-state index contributed by atoms with van der Waals surface area (Å²) in [5, 5.41) is 9.99. The lowest BCUT2D eigenvalue weighted by atomic mass is 9.74. The number of rotatable bonds is 5. The molecule has 1 aromatic heterocycles. The van der Waals surface area contributed by atoms with E-state index in [4.69, 9.17) is 15.7 Å². The fourth-order valence-electron chi connectivity index (χ4n) is 8.91. The van der Waals surface area contributed by atoms with Gasteiger partial charge in [0, 0.05) is 56.4 Å². The smallest absolute Gasteiger partial charge is 0.297 e. The molecule has 0 saturated carbocycles. The van der Waals surface area contributed by atoms with Crippen LogP contribution in [0.5, 0.6) is 0 Å². The highest BCUT2D eigenvalue weighted by molar-refractivity contribution is 5.63. The van der Waals surface area contributed by atoms with Gasteiger partial charge >= 0.3 is 0 Å². The fourth-order valence-corrected chi connectivity index (χ4v) is 8.91. The summed E-state index contributed by atoms with van der Waals surface area (Å²) in [4.78, 5) is 15.6. The Labute approximate surface area is 278 Å². The van der Waals surface area contributed by atoms with Crippen LogP contribution in [0.2, 0.25) is 0 Å². The molecule has 4 fully saturated rings. The Morgan fingerprint density at radius 3 is 2.55 bits per heavy atom. The Balaban J connectivity index is 0.000000327. The van der Waals surface area contributed by atoms with Crippen molar-refractivity contribution in [2.75, 3.05) is 50.4 Å². The molecular formula is C37H50F3N7. The molecule has 4 aliphatic heterocycles. The van der Waals surface area contributed by atoms with Crippen molar-refractivity contribution in [2.24, 2.45) is 5.41 Å². The molecule has 7 nitrogen and oxygen atoms in total. The predicted octanol–water partition coefficient (Wildman–Crippen LogP) is 6.76. The number of fused-ring (bicyclic) bond motifs is 2. The number of alkyl halides is 3. The van der Waals surface area contributed by atoms with E-state index >= 15 is 8.78 Å². The Hall–Kier alpha value is -3.32. The van der Waals surface area contributed by atoms with E-state index in [-0.39, 0.29) is 30.2 Å². The summed E-state index contributed by atoms with van der Waals surface area (Å²) in [6.07, 6.45) is 6.60. The zero-order valence-electron chi connectivity index (χ0n) is 28.7. The van der Waals surface area contributed by atoms with Crippen LogP contribution >= 0.6 is 0 Å². The van der Waals surface area contributed by atoms with E-state index in [2.05, 4.69) is 44.4 Å². The van der Waals surface area contributed by atoms with Crippen molar-refractivity contribution in [1.29, 1.82) is 5.26 Å². The van der Waals surface area contributed by atoms with Gasteiger partial charge in [-0.3, -0.25) is 4.90 Å². The number of nitrogens with zero attached hydrogens (tertiary/aromatic N) is 6. The third-order valence-electron chi connectivity index (χ3n) is 11.9. The van der Waals surface area contributed by atoms with Gasteiger partial charge in [-0.25, -0.2) is 14.4 Å². The standard InChI is InChI=1S/C29H36F2N6.C8H14FN/c1-6-17(3)20-10-11-23(33)22(13-32)26(20)19-8-9-21-24(12-19)34-25(7-2)35-27(21)37-15-28(16-37)14-36(5)18(4)29(28,30)31;1-8-3-2-4-10(8)6-7(9)5-8/h10-11,17,19H,4,6-9,12,14-16,33H2,1-3,5H3;7H,2-6H2,1H3/t17-,19?;/m0./s1. The molecule has 7 rings (SSSR count). The monoisotopic (exact) mass is 649 g/mol. The minimum Gasteiger partial charge on any atom is -0.398 e. The Kier molecular flexibility index (Phi) is 8.78. The summed E-state index contributed by atoms with van der Waals surface area (Å²) >= 11 is 0. The van der Waals surface area contributed by atoms with E-state index in [0.29, 0.717) is 43.1 Å². The van der Waals surface area contributed by atoms with Crippen LogP contribution in [0.4, 0.5) is 24.7 Å². The Morgan fingerprint density at radius 1 is 1.19 bits per heavy atom. The first-order valence-electron chi connectivity index (χ1n) is 17.4. The molecule has 47 heavy (non-hydrogen) atoms. The SMILES string of the molecule is C=C1N(C)CC2(CN(c3nc(CC)nc4c3CCC(c3c([C@@H](C)CC)ccc(N)c3C#N)C4)C2)C1(F)F.CC12CCCN1CC(F)C2. The molecule has 3 unspecified atom stereocenters. The lowest BCUT2D eigenvalue weighted by molar-refractivity contribution is -0.0786. The van der Waals surface area contributed by atoms with Gasteiger partial charge in [-0.15, -0.1) is 0 Å². The molecule has 1 aliphatic carbocycles. The van der Waals surface area contributed by atoms with Gasteiger partial charge in [-0.2, -0.15) is 14.0 Å². The van der Waals surface area contributed by atoms with Crippen molar-refractivity contribution in [3.05, 3.63) is 58.2 Å². The number of halogens is 3. The summed E-state index contributed by atoms with van der Waals surface area (Å²) in [5.74, 6) is -0.949. The molecule has 5 aliphatic rings. The first-order valence-corrected chi connectivity index (χ1v) is 17.4. The molecule has 0 bridgehead atoms. The zero-order chi connectivity index (χ0) is 33.9. The summed E-state index contributed by atoms with van der Waals surface area (Å²) in [7, 11) is 1.69. The molecule has 4 atom stereocenters. The quantitative estimate of drug-likeness (QED) is 0.358. The molecule has 1 spiro atoms. The number of benzene rings is 1. The van der Waals surface area contributed by atoms with Gasteiger partial charge in [-0.05, 0) is 87.4 Å². The Morgan fingerprint density at radius 2 is 1.94 bits per heavy atom. The highest BCUT2D eigenvalue weighted by atomic mass is 19.3. The maximum Gasteiger partial charge on any atom is 0.297 e. The maximum absolute atomic E-state index is 15.1. The highest BCUT2D eigenvalue weighted by Crippen LogP contribution is 2.55. The number of anilines is 2. The van der Waals surface area contributed by atoms with Crippen molar-refractivity contribution in [2.45, 2.75) is 109 Å². The number of nitrogen functional groups attached to an aromatic ring is 1. The van der Waals surface area contributed by atoms with Crippen LogP contribution in [-0.2, 0) is 19.3 Å². The molecule has 2 N–H and O–H groups in total. The maximum atomic E-state index is 15.1. The summed E-state index contributed by atoms with van der Waals surface area (Å²) in [6, 6.07) is 6.29. The second-order valence-corrected chi connectivity index (χ2v) is 15.0. The van der Waals surface area contributed by atoms with Gasteiger partial charge < -0.3 is 15.5 Å². The zero-order valence-corrected chi connectivity index (χ0v) is 28.7. The molecule has 4 saturated heterocycles. The predicted molar refractivity (Wildman–Crippen MR) is 181 cm³/mol. The van der Waals surface area contributed by atoms with Crippen LogP contribution in [0.15, 0.2) is 24.4 Å². The van der Waals surface area contributed by atoms with Gasteiger partial charge in [0.2, 0.25) is 0 Å². The number of aromatic nitrogens is 2. The van der Waals surface area contributed by atoms with Crippen molar-refractivity contribution < 1.29 is 13.2 Å². The summed E-state index contributed by atoms with van der Waals surface area (Å²) in [6.45, 7) is 14.8. The van der Waals surface area contributed by atoms with E-state index in [9.17, 15) is 9.65 Å². The molecule has 1 aromatic carbocycles. The fraction of sp³-hybridized carbons (Fsp3) is 0.649. The van der Waals surface area contributed by atoms with E-state index < -0.39 is 17.5 Å². The molecular weight excluding hydrogens is 599 g/mol.